The molecule has 0 saturated heterocycles. The summed E-state index contributed by atoms with van der Waals surface area (Å²) in [5, 5.41) is 0. The molecule has 0 radical (unpaired) electrons. The van der Waals surface area contributed by atoms with Gasteiger partial charge in [0.25, 0.3) is 5.91 Å². The predicted octanol–water partition coefficient (Wildman–Crippen LogP) is 1.86. The number of nitrogens with two attached hydrogens (primary N) is 1. The summed E-state index contributed by atoms with van der Waals surface area (Å²) < 4.78 is 5.26. The molecule has 2 rings (SSSR count). The van der Waals surface area contributed by atoms with Crippen LogP contribution in [-0.2, 0) is 9.53 Å². The highest BCUT2D eigenvalue weighted by molar-refractivity contribution is 6.00. The zero-order valence-electron chi connectivity index (χ0n) is 11.3. The molecule has 0 spiro atoms. The summed E-state index contributed by atoms with van der Waals surface area (Å²) in [6.07, 6.45) is 7.16. The Hall–Kier alpha value is -1.88. The van der Waals surface area contributed by atoms with Crippen LogP contribution in [0.15, 0.2) is 35.6 Å². The first kappa shape index (κ1) is 13.5. The highest BCUT2D eigenvalue weighted by Gasteiger charge is 2.37. The van der Waals surface area contributed by atoms with Crippen molar-refractivity contribution in [1.82, 2.24) is 4.90 Å². The van der Waals surface area contributed by atoms with Crippen LogP contribution >= 0.6 is 0 Å². The molecule has 2 aliphatic rings. The van der Waals surface area contributed by atoms with E-state index in [-0.39, 0.29) is 0 Å². The first-order valence-electron chi connectivity index (χ1n) is 6.20. The van der Waals surface area contributed by atoms with Crippen molar-refractivity contribution < 1.29 is 14.3 Å². The molecule has 0 unspecified atom stereocenters. The van der Waals surface area contributed by atoms with Crippen LogP contribution in [0.4, 0.5) is 4.79 Å². The fraction of sp³-hybridized carbons (Fsp3) is 0.429. The minimum absolute atomic E-state index is 0.459. The summed E-state index contributed by atoms with van der Waals surface area (Å²) in [7, 11) is 0. The zero-order chi connectivity index (χ0) is 14.2. The van der Waals surface area contributed by atoms with Gasteiger partial charge in [-0.05, 0) is 38.8 Å². The van der Waals surface area contributed by atoms with Gasteiger partial charge in [0.2, 0.25) is 0 Å². The molecule has 1 heterocycles. The lowest BCUT2D eigenvalue weighted by molar-refractivity contribution is -0.129. The van der Waals surface area contributed by atoms with Gasteiger partial charge in [-0.1, -0.05) is 18.2 Å². The topological polar surface area (TPSA) is 72.6 Å². The van der Waals surface area contributed by atoms with E-state index in [9.17, 15) is 9.59 Å². The maximum Gasteiger partial charge on any atom is 0.421 e. The van der Waals surface area contributed by atoms with Gasteiger partial charge in [0, 0.05) is 0 Å². The van der Waals surface area contributed by atoms with Gasteiger partial charge in [0.05, 0.1) is 5.70 Å². The van der Waals surface area contributed by atoms with Crippen molar-refractivity contribution in [3.8, 4) is 0 Å². The first-order chi connectivity index (χ1) is 8.79. The first-order valence-corrected chi connectivity index (χ1v) is 6.20. The molecule has 2 N–H and O–H groups in total. The van der Waals surface area contributed by atoms with Gasteiger partial charge in [-0.15, -0.1) is 0 Å². The number of imide groups is 1. The molecule has 1 aliphatic carbocycles. The highest BCUT2D eigenvalue weighted by Crippen LogP contribution is 2.29. The second kappa shape index (κ2) is 4.66. The SMILES string of the molecule is CC(C)(C)OC(=O)N1C(=O)[C@@H](N)C=C2CC=CC=C21. The fourth-order valence-electron chi connectivity index (χ4n) is 1.99. The van der Waals surface area contributed by atoms with Crippen molar-refractivity contribution >= 4 is 12.0 Å². The molecule has 19 heavy (non-hydrogen) atoms. The third-order valence-electron chi connectivity index (χ3n) is 2.76. The maximum absolute atomic E-state index is 12.2. The molecule has 0 aromatic carbocycles. The van der Waals surface area contributed by atoms with Gasteiger partial charge in [0.1, 0.15) is 11.6 Å². The number of nitrogens with zero attached hydrogens (tertiary/aromatic N) is 1. The van der Waals surface area contributed by atoms with E-state index in [1.165, 1.54) is 0 Å². The monoisotopic (exact) mass is 262 g/mol. The Labute approximate surface area is 112 Å². The van der Waals surface area contributed by atoms with Gasteiger partial charge in [-0.2, -0.15) is 0 Å². The van der Waals surface area contributed by atoms with E-state index in [4.69, 9.17) is 10.5 Å². The fourth-order valence-corrected chi connectivity index (χ4v) is 1.99. The van der Waals surface area contributed by atoms with Crippen molar-refractivity contribution in [3.63, 3.8) is 0 Å². The molecule has 5 heteroatoms. The number of rotatable bonds is 0. The number of hydrogen-bond acceptors (Lipinski definition) is 4. The third kappa shape index (κ3) is 2.76. The number of fused-ring (bicyclic) bond motifs is 1. The Morgan fingerprint density at radius 1 is 1.47 bits per heavy atom. The molecular formula is C14H18N2O3. The van der Waals surface area contributed by atoms with E-state index in [2.05, 4.69) is 0 Å². The summed E-state index contributed by atoms with van der Waals surface area (Å²) in [6.45, 7) is 5.27. The van der Waals surface area contributed by atoms with Crippen LogP contribution in [0.25, 0.3) is 0 Å². The molecular weight excluding hydrogens is 244 g/mol. The van der Waals surface area contributed by atoms with E-state index < -0.39 is 23.6 Å². The van der Waals surface area contributed by atoms with Crippen molar-refractivity contribution in [2.45, 2.75) is 38.8 Å². The molecule has 0 bridgehead atoms. The van der Waals surface area contributed by atoms with E-state index in [1.54, 1.807) is 32.9 Å². The van der Waals surface area contributed by atoms with Crippen molar-refractivity contribution in [2.24, 2.45) is 5.73 Å². The molecule has 5 nitrogen and oxygen atoms in total. The second-order valence-corrected chi connectivity index (χ2v) is 5.56. The average Bonchev–Trinajstić information content (AvgIpc) is 2.28. The minimum atomic E-state index is -0.800. The van der Waals surface area contributed by atoms with Crippen LogP contribution in [0.1, 0.15) is 27.2 Å². The van der Waals surface area contributed by atoms with Crippen molar-refractivity contribution in [3.05, 3.63) is 35.6 Å². The number of hydrogen-bond donors (Lipinski definition) is 1. The smallest absolute Gasteiger partial charge is 0.421 e. The zero-order valence-corrected chi connectivity index (χ0v) is 11.3. The molecule has 0 aromatic rings. The summed E-state index contributed by atoms with van der Waals surface area (Å²) in [5.74, 6) is -0.459. The number of carbonyl (C=O) groups is 2. The largest absolute Gasteiger partial charge is 0.443 e. The van der Waals surface area contributed by atoms with Gasteiger partial charge >= 0.3 is 6.09 Å². The maximum atomic E-state index is 12.2. The summed E-state index contributed by atoms with van der Waals surface area (Å²) in [5.41, 5.74) is 6.53. The number of allylic oxidation sites excluding steroid dienone is 4. The molecule has 0 fully saturated rings. The van der Waals surface area contributed by atoms with Crippen LogP contribution < -0.4 is 5.73 Å². The number of ether oxygens (including phenoxy) is 1. The molecule has 102 valence electrons. The van der Waals surface area contributed by atoms with Crippen molar-refractivity contribution in [2.75, 3.05) is 0 Å². The van der Waals surface area contributed by atoms with E-state index in [1.807, 2.05) is 12.2 Å². The minimum Gasteiger partial charge on any atom is -0.443 e. The van der Waals surface area contributed by atoms with Crippen LogP contribution in [0.2, 0.25) is 0 Å². The molecule has 1 atom stereocenters. The summed E-state index contributed by atoms with van der Waals surface area (Å²) in [4.78, 5) is 25.3. The molecule has 2 amide bonds. The average molecular weight is 262 g/mol. The Balaban J connectivity index is 2.34. The normalized spacial score (nSPS) is 22.6. The lowest BCUT2D eigenvalue weighted by atomic mass is 9.96. The Kier molecular flexibility index (Phi) is 3.32. The second-order valence-electron chi connectivity index (χ2n) is 5.56. The van der Waals surface area contributed by atoms with Crippen LogP contribution in [0.3, 0.4) is 0 Å². The van der Waals surface area contributed by atoms with Gasteiger partial charge in [-0.25, -0.2) is 9.69 Å². The van der Waals surface area contributed by atoms with Gasteiger partial charge in [0.15, 0.2) is 0 Å². The molecule has 0 aromatic heterocycles. The van der Waals surface area contributed by atoms with Crippen LogP contribution in [0.5, 0.6) is 0 Å². The summed E-state index contributed by atoms with van der Waals surface area (Å²) >= 11 is 0. The van der Waals surface area contributed by atoms with Crippen molar-refractivity contribution in [1.29, 1.82) is 0 Å². The van der Waals surface area contributed by atoms with Crippen LogP contribution in [0, 0.1) is 0 Å². The Morgan fingerprint density at radius 3 is 2.79 bits per heavy atom. The van der Waals surface area contributed by atoms with Gasteiger partial charge in [-0.3, -0.25) is 4.79 Å². The van der Waals surface area contributed by atoms with E-state index in [0.717, 1.165) is 10.5 Å². The lowest BCUT2D eigenvalue weighted by Gasteiger charge is -2.33. The Morgan fingerprint density at radius 2 is 2.16 bits per heavy atom. The van der Waals surface area contributed by atoms with E-state index >= 15 is 0 Å². The lowest BCUT2D eigenvalue weighted by Crippen LogP contribution is -2.50. The third-order valence-corrected chi connectivity index (χ3v) is 2.76. The van der Waals surface area contributed by atoms with E-state index in [0.29, 0.717) is 12.1 Å². The van der Waals surface area contributed by atoms with Gasteiger partial charge < -0.3 is 10.5 Å². The Bertz CT molecular complexity index is 509. The molecule has 1 aliphatic heterocycles. The number of amides is 2. The molecule has 0 saturated carbocycles. The van der Waals surface area contributed by atoms with Crippen LogP contribution in [-0.4, -0.2) is 28.5 Å². The highest BCUT2D eigenvalue weighted by atomic mass is 16.6. The number of carbonyl (C=O) groups excluding carboxylic acids is 2. The standard InChI is InChI=1S/C14H18N2O3/c1-14(2,3)19-13(18)16-11-7-5-4-6-9(11)8-10(15)12(16)17/h4-5,7-8,10H,6,15H2,1-3H3/t10-/m0/s1. The predicted molar refractivity (Wildman–Crippen MR) is 71.0 cm³/mol. The quantitative estimate of drug-likeness (QED) is 0.723. The summed E-state index contributed by atoms with van der Waals surface area (Å²) in [6, 6.07) is -0.800.